The minimum absolute atomic E-state index is 0. The number of nitrogens with one attached hydrogen (secondary N) is 2. The molecule has 1 heterocycles. The number of hydrogen-bond donors (Lipinski definition) is 2. The Hall–Kier alpha value is -1.36. The molecule has 1 aromatic heterocycles. The number of aromatic nitrogens is 1. The van der Waals surface area contributed by atoms with E-state index in [-0.39, 0.29) is 30.5 Å². The molecule has 4 nitrogen and oxygen atoms in total. The molecule has 0 bridgehead atoms. The lowest BCUT2D eigenvalue weighted by Crippen LogP contribution is -2.37. The van der Waals surface area contributed by atoms with Crippen molar-refractivity contribution in [2.75, 3.05) is 13.6 Å². The van der Waals surface area contributed by atoms with Gasteiger partial charge in [0.25, 0.3) is 0 Å². The van der Waals surface area contributed by atoms with E-state index in [1.807, 2.05) is 0 Å². The Morgan fingerprint density at radius 3 is 2.59 bits per heavy atom. The molecular weight excluding hydrogens is 488 g/mol. The minimum Gasteiger partial charge on any atom is -0.356 e. The van der Waals surface area contributed by atoms with Crippen molar-refractivity contribution < 1.29 is 13.2 Å². The van der Waals surface area contributed by atoms with Crippen LogP contribution in [0.3, 0.4) is 0 Å². The molecular formula is C18H24F3IN4S. The van der Waals surface area contributed by atoms with E-state index in [0.717, 1.165) is 29.3 Å². The fraction of sp³-hybridized carbons (Fsp3) is 0.444. The first kappa shape index (κ1) is 23.7. The monoisotopic (exact) mass is 512 g/mol. The Bertz CT molecular complexity index is 744. The van der Waals surface area contributed by atoms with Gasteiger partial charge in [-0.2, -0.15) is 13.2 Å². The van der Waals surface area contributed by atoms with Crippen LogP contribution in [-0.2, 0) is 19.1 Å². The van der Waals surface area contributed by atoms with Crippen molar-refractivity contribution in [3.8, 4) is 0 Å². The Labute approximate surface area is 178 Å². The number of guanidine groups is 1. The van der Waals surface area contributed by atoms with Gasteiger partial charge >= 0.3 is 6.18 Å². The van der Waals surface area contributed by atoms with Crippen molar-refractivity contribution >= 4 is 41.3 Å². The number of aliphatic imine (C=N–C) groups is 1. The zero-order chi connectivity index (χ0) is 19.2. The van der Waals surface area contributed by atoms with Gasteiger partial charge in [-0.15, -0.1) is 35.3 Å². The highest BCUT2D eigenvalue weighted by Crippen LogP contribution is 2.29. The van der Waals surface area contributed by atoms with E-state index >= 15 is 0 Å². The molecule has 2 N–H and O–H groups in total. The number of hydrogen-bond acceptors (Lipinski definition) is 3. The Morgan fingerprint density at radius 2 is 2.00 bits per heavy atom. The van der Waals surface area contributed by atoms with E-state index in [2.05, 4.69) is 39.8 Å². The lowest BCUT2D eigenvalue weighted by Gasteiger charge is -2.13. The molecule has 0 aliphatic heterocycles. The standard InChI is InChI=1S/C18H23F3N4S.HI/c1-12(2)16-25-15(11-26-16)7-8-23-17(22-3)24-10-13-5-4-6-14(9-13)18(19,20)21;/h4-6,9,11-12H,7-8,10H2,1-3H3,(H2,22,23,24);1H. The summed E-state index contributed by atoms with van der Waals surface area (Å²) in [6, 6.07) is 5.27. The predicted molar refractivity (Wildman–Crippen MR) is 115 cm³/mol. The van der Waals surface area contributed by atoms with Crippen LogP contribution in [-0.4, -0.2) is 24.5 Å². The molecule has 9 heteroatoms. The number of thiazole rings is 1. The van der Waals surface area contributed by atoms with Gasteiger partial charge in [-0.05, 0) is 17.7 Å². The molecule has 1 aromatic carbocycles. The quantitative estimate of drug-likeness (QED) is 0.332. The maximum atomic E-state index is 12.8. The van der Waals surface area contributed by atoms with Gasteiger partial charge in [0.1, 0.15) is 0 Å². The van der Waals surface area contributed by atoms with Crippen LogP contribution < -0.4 is 10.6 Å². The van der Waals surface area contributed by atoms with Gasteiger partial charge in [0, 0.05) is 37.9 Å². The van der Waals surface area contributed by atoms with E-state index in [0.29, 0.717) is 24.0 Å². The first-order valence-electron chi connectivity index (χ1n) is 8.34. The van der Waals surface area contributed by atoms with E-state index in [1.165, 1.54) is 6.07 Å². The first-order valence-corrected chi connectivity index (χ1v) is 9.22. The smallest absolute Gasteiger partial charge is 0.356 e. The average Bonchev–Trinajstić information content (AvgIpc) is 3.06. The van der Waals surface area contributed by atoms with Crippen molar-refractivity contribution in [3.63, 3.8) is 0 Å². The van der Waals surface area contributed by atoms with Crippen molar-refractivity contribution in [1.29, 1.82) is 0 Å². The largest absolute Gasteiger partial charge is 0.416 e. The van der Waals surface area contributed by atoms with Crippen LogP contribution in [0.1, 0.15) is 41.6 Å². The Morgan fingerprint density at radius 1 is 1.26 bits per heavy atom. The van der Waals surface area contributed by atoms with Crippen molar-refractivity contribution in [3.05, 3.63) is 51.5 Å². The number of nitrogens with zero attached hydrogens (tertiary/aromatic N) is 2. The molecule has 0 unspecified atom stereocenters. The van der Waals surface area contributed by atoms with E-state index < -0.39 is 11.7 Å². The molecule has 0 fully saturated rings. The third-order valence-electron chi connectivity index (χ3n) is 3.67. The van der Waals surface area contributed by atoms with E-state index in [4.69, 9.17) is 0 Å². The van der Waals surface area contributed by atoms with Gasteiger partial charge in [-0.25, -0.2) is 4.98 Å². The number of benzene rings is 1. The SMILES string of the molecule is CN=C(NCCc1csc(C(C)C)n1)NCc1cccc(C(F)(F)F)c1.I. The molecule has 0 aliphatic rings. The number of alkyl halides is 3. The summed E-state index contributed by atoms with van der Waals surface area (Å²) < 4.78 is 38.3. The Kier molecular flexibility index (Phi) is 9.51. The van der Waals surface area contributed by atoms with Crippen LogP contribution in [0.5, 0.6) is 0 Å². The maximum absolute atomic E-state index is 12.8. The van der Waals surface area contributed by atoms with Crippen molar-refractivity contribution in [2.45, 2.75) is 38.9 Å². The highest BCUT2D eigenvalue weighted by molar-refractivity contribution is 14.0. The van der Waals surface area contributed by atoms with Gasteiger partial charge in [-0.1, -0.05) is 26.0 Å². The van der Waals surface area contributed by atoms with Gasteiger partial charge in [0.2, 0.25) is 0 Å². The summed E-state index contributed by atoms with van der Waals surface area (Å²) >= 11 is 1.66. The highest BCUT2D eigenvalue weighted by Gasteiger charge is 2.30. The maximum Gasteiger partial charge on any atom is 0.416 e. The molecule has 0 saturated carbocycles. The number of halogens is 4. The van der Waals surface area contributed by atoms with Gasteiger partial charge in [0.15, 0.2) is 5.96 Å². The second-order valence-corrected chi connectivity index (χ2v) is 7.02. The summed E-state index contributed by atoms with van der Waals surface area (Å²) in [7, 11) is 1.63. The molecule has 2 aromatic rings. The van der Waals surface area contributed by atoms with Crippen LogP contribution in [0.2, 0.25) is 0 Å². The normalized spacial score (nSPS) is 12.0. The van der Waals surface area contributed by atoms with E-state index in [9.17, 15) is 13.2 Å². The summed E-state index contributed by atoms with van der Waals surface area (Å²) in [5.41, 5.74) is 0.924. The van der Waals surface area contributed by atoms with E-state index in [1.54, 1.807) is 24.5 Å². The molecule has 0 amide bonds. The van der Waals surface area contributed by atoms with Crippen molar-refractivity contribution in [2.24, 2.45) is 4.99 Å². The lowest BCUT2D eigenvalue weighted by atomic mass is 10.1. The molecule has 0 aliphatic carbocycles. The molecule has 0 spiro atoms. The zero-order valence-corrected chi connectivity index (χ0v) is 18.6. The lowest BCUT2D eigenvalue weighted by molar-refractivity contribution is -0.137. The average molecular weight is 512 g/mol. The Balaban J connectivity index is 0.00000364. The van der Waals surface area contributed by atoms with Crippen LogP contribution in [0, 0.1) is 0 Å². The summed E-state index contributed by atoms with van der Waals surface area (Å²) in [5, 5.41) is 9.35. The van der Waals surface area contributed by atoms with Crippen LogP contribution in [0.4, 0.5) is 13.2 Å². The molecule has 0 radical (unpaired) electrons. The zero-order valence-electron chi connectivity index (χ0n) is 15.4. The molecule has 150 valence electrons. The van der Waals surface area contributed by atoms with Crippen LogP contribution >= 0.6 is 35.3 Å². The molecule has 0 atom stereocenters. The summed E-state index contributed by atoms with van der Waals surface area (Å²) in [5.74, 6) is 0.963. The highest BCUT2D eigenvalue weighted by atomic mass is 127. The topological polar surface area (TPSA) is 49.3 Å². The minimum atomic E-state index is -4.34. The molecule has 27 heavy (non-hydrogen) atoms. The van der Waals surface area contributed by atoms with Crippen molar-refractivity contribution in [1.82, 2.24) is 15.6 Å². The predicted octanol–water partition coefficient (Wildman–Crippen LogP) is 4.81. The summed E-state index contributed by atoms with van der Waals surface area (Å²) in [6.45, 7) is 5.13. The summed E-state index contributed by atoms with van der Waals surface area (Å²) in [4.78, 5) is 8.66. The third-order valence-corrected chi connectivity index (χ3v) is 4.87. The summed E-state index contributed by atoms with van der Waals surface area (Å²) in [6.07, 6.45) is -3.58. The fourth-order valence-electron chi connectivity index (χ4n) is 2.28. The third kappa shape index (κ3) is 7.65. The first-order chi connectivity index (χ1) is 12.3. The van der Waals surface area contributed by atoms with Gasteiger partial charge < -0.3 is 10.6 Å². The fourth-order valence-corrected chi connectivity index (χ4v) is 3.15. The molecule has 2 rings (SSSR count). The van der Waals surface area contributed by atoms with Crippen LogP contribution in [0.15, 0.2) is 34.6 Å². The van der Waals surface area contributed by atoms with Gasteiger partial charge in [0.05, 0.1) is 16.3 Å². The molecule has 0 saturated heterocycles. The van der Waals surface area contributed by atoms with Crippen LogP contribution in [0.25, 0.3) is 0 Å². The second kappa shape index (κ2) is 10.8. The second-order valence-electron chi connectivity index (χ2n) is 6.13. The van der Waals surface area contributed by atoms with Gasteiger partial charge in [-0.3, -0.25) is 4.99 Å². The number of rotatable bonds is 6.